The van der Waals surface area contributed by atoms with Crippen molar-refractivity contribution in [1.82, 2.24) is 0 Å². The monoisotopic (exact) mass is 296 g/mol. The number of aromatic hydroxyl groups is 1. The van der Waals surface area contributed by atoms with Gasteiger partial charge in [-0.3, -0.25) is 0 Å². The van der Waals surface area contributed by atoms with Crippen molar-refractivity contribution in [1.29, 1.82) is 0 Å². The molecule has 1 heterocycles. The van der Waals surface area contributed by atoms with Crippen LogP contribution in [0.3, 0.4) is 0 Å². The first-order valence-electron chi connectivity index (χ1n) is 5.25. The van der Waals surface area contributed by atoms with Gasteiger partial charge in [0.15, 0.2) is 0 Å². The first-order chi connectivity index (χ1) is 8.99. The van der Waals surface area contributed by atoms with E-state index in [9.17, 15) is 15.5 Å². The van der Waals surface area contributed by atoms with Crippen molar-refractivity contribution in [3.05, 3.63) is 50.8 Å². The lowest BCUT2D eigenvalue weighted by Crippen LogP contribution is -2.39. The van der Waals surface area contributed by atoms with Crippen LogP contribution in [0.2, 0.25) is 10.0 Å². The van der Waals surface area contributed by atoms with Crippen molar-refractivity contribution in [3.63, 3.8) is 0 Å². The lowest BCUT2D eigenvalue weighted by Gasteiger charge is -2.08. The molecule has 0 aliphatic rings. The van der Waals surface area contributed by atoms with Crippen molar-refractivity contribution in [2.24, 2.45) is 0 Å². The van der Waals surface area contributed by atoms with E-state index in [1.54, 1.807) is 0 Å². The Morgan fingerprint density at radius 3 is 1.84 bits per heavy atom. The number of rotatable bonds is 0. The van der Waals surface area contributed by atoms with Crippen molar-refractivity contribution in [3.8, 4) is 5.75 Å². The molecule has 0 spiro atoms. The molecule has 0 amide bonds. The Morgan fingerprint density at radius 2 is 1.26 bits per heavy atom. The molecule has 96 valence electrons. The van der Waals surface area contributed by atoms with Crippen LogP contribution in [0.1, 0.15) is 0 Å². The van der Waals surface area contributed by atoms with Gasteiger partial charge in [0, 0.05) is 18.2 Å². The lowest BCUT2D eigenvalue weighted by molar-refractivity contribution is -0.591. The van der Waals surface area contributed by atoms with Gasteiger partial charge in [-0.25, -0.2) is 0 Å². The highest BCUT2D eigenvalue weighted by Crippen LogP contribution is 2.26. The normalized spacial score (nSPS) is 11.3. The molecule has 0 aliphatic heterocycles. The zero-order valence-corrected chi connectivity index (χ0v) is 10.8. The van der Waals surface area contributed by atoms with E-state index in [1.165, 1.54) is 30.3 Å². The van der Waals surface area contributed by atoms with Crippen LogP contribution < -0.4 is 9.46 Å². The Kier molecular flexibility index (Phi) is 2.55. The van der Waals surface area contributed by atoms with E-state index in [0.29, 0.717) is 9.46 Å². The molecule has 0 fully saturated rings. The summed E-state index contributed by atoms with van der Waals surface area (Å²) in [4.78, 5) is 0. The molecular formula is C12H6Cl2N2O3. The summed E-state index contributed by atoms with van der Waals surface area (Å²) in [5, 5.41) is 34.2. The van der Waals surface area contributed by atoms with Crippen LogP contribution in [0.15, 0.2) is 30.3 Å². The average molecular weight is 297 g/mol. The predicted molar refractivity (Wildman–Crippen MR) is 71.1 cm³/mol. The lowest BCUT2D eigenvalue weighted by atomic mass is 10.2. The zero-order valence-electron chi connectivity index (χ0n) is 9.30. The van der Waals surface area contributed by atoms with Gasteiger partial charge < -0.3 is 15.5 Å². The summed E-state index contributed by atoms with van der Waals surface area (Å²) in [5.74, 6) is -0.100. The summed E-state index contributed by atoms with van der Waals surface area (Å²) < 4.78 is 1.13. The molecule has 0 bridgehead atoms. The number of halogens is 2. The molecule has 19 heavy (non-hydrogen) atoms. The maximum absolute atomic E-state index is 12.2. The highest BCUT2D eigenvalue weighted by molar-refractivity contribution is 6.42. The molecule has 5 nitrogen and oxygen atoms in total. The minimum absolute atomic E-state index is 0.0564. The Bertz CT molecular complexity index is 836. The SMILES string of the molecule is [O-][n+]1c2ccc(O)cc2[n+]([O-])c2cc(Cl)c(Cl)cc21. The largest absolute Gasteiger partial charge is 0.617 e. The molecule has 0 atom stereocenters. The van der Waals surface area contributed by atoms with Gasteiger partial charge in [0.25, 0.3) is 22.1 Å². The van der Waals surface area contributed by atoms with Crippen LogP contribution in [0.5, 0.6) is 5.75 Å². The number of benzene rings is 2. The van der Waals surface area contributed by atoms with E-state index in [0.717, 1.165) is 0 Å². The minimum Gasteiger partial charge on any atom is -0.617 e. The average Bonchev–Trinajstić information content (AvgIpc) is 2.38. The number of hydrogen-bond donors (Lipinski definition) is 1. The Hall–Kier alpha value is -1.98. The second-order valence-corrected chi connectivity index (χ2v) is 4.83. The van der Waals surface area contributed by atoms with Gasteiger partial charge in [-0.2, -0.15) is 9.46 Å². The van der Waals surface area contributed by atoms with E-state index < -0.39 is 0 Å². The van der Waals surface area contributed by atoms with Crippen LogP contribution in [-0.2, 0) is 0 Å². The van der Waals surface area contributed by atoms with Gasteiger partial charge in [-0.15, -0.1) is 0 Å². The third kappa shape index (κ3) is 1.70. The molecule has 3 rings (SSSR count). The molecule has 1 aromatic heterocycles. The fourth-order valence-corrected chi connectivity index (χ4v) is 2.27. The molecule has 2 aromatic carbocycles. The van der Waals surface area contributed by atoms with Crippen molar-refractivity contribution in [2.75, 3.05) is 0 Å². The topological polar surface area (TPSA) is 74.1 Å². The maximum atomic E-state index is 12.2. The third-order valence-corrected chi connectivity index (χ3v) is 3.57. The Balaban J connectivity index is 2.60. The van der Waals surface area contributed by atoms with Gasteiger partial charge in [-0.1, -0.05) is 23.2 Å². The first-order valence-corrected chi connectivity index (χ1v) is 6.01. The number of fused-ring (bicyclic) bond motifs is 2. The van der Waals surface area contributed by atoms with Crippen molar-refractivity contribution in [2.45, 2.75) is 0 Å². The summed E-state index contributed by atoms with van der Waals surface area (Å²) in [7, 11) is 0. The number of hydrogen-bond acceptors (Lipinski definition) is 3. The molecule has 7 heteroatoms. The number of nitrogens with zero attached hydrogens (tertiary/aromatic N) is 2. The summed E-state index contributed by atoms with van der Waals surface area (Å²) in [6.45, 7) is 0. The molecule has 0 unspecified atom stereocenters. The first kappa shape index (κ1) is 12.1. The van der Waals surface area contributed by atoms with E-state index in [-0.39, 0.29) is 37.9 Å². The molecule has 3 aromatic rings. The number of phenolic OH excluding ortho intramolecular Hbond substituents is 1. The molecule has 0 radical (unpaired) electrons. The van der Waals surface area contributed by atoms with E-state index in [1.807, 2.05) is 0 Å². The summed E-state index contributed by atoms with van der Waals surface area (Å²) in [6.07, 6.45) is 0. The fraction of sp³-hybridized carbons (Fsp3) is 0. The zero-order chi connectivity index (χ0) is 13.7. The summed E-state index contributed by atoms with van der Waals surface area (Å²) >= 11 is 11.7. The number of phenols is 1. The van der Waals surface area contributed by atoms with Crippen molar-refractivity contribution < 1.29 is 14.6 Å². The Morgan fingerprint density at radius 1 is 0.789 bits per heavy atom. The number of aromatic nitrogens is 2. The fourth-order valence-electron chi connectivity index (χ4n) is 1.96. The molecule has 0 aliphatic carbocycles. The minimum atomic E-state index is -0.100. The quantitative estimate of drug-likeness (QED) is 0.393. The highest BCUT2D eigenvalue weighted by atomic mass is 35.5. The smallest absolute Gasteiger partial charge is 0.294 e. The molecule has 0 saturated heterocycles. The van der Waals surface area contributed by atoms with E-state index in [2.05, 4.69) is 0 Å². The van der Waals surface area contributed by atoms with Crippen LogP contribution in [-0.4, -0.2) is 5.11 Å². The standard InChI is InChI=1S/C12H6Cl2N2O3/c13-7-4-11-12(5-8(7)14)16(19)10-3-6(17)1-2-9(10)15(11)18/h1-5,17H. The van der Waals surface area contributed by atoms with Gasteiger partial charge in [0.05, 0.1) is 16.1 Å². The van der Waals surface area contributed by atoms with Crippen LogP contribution >= 0.6 is 23.2 Å². The second kappa shape index (κ2) is 4.01. The van der Waals surface area contributed by atoms with Gasteiger partial charge in [0.1, 0.15) is 5.75 Å². The third-order valence-electron chi connectivity index (χ3n) is 2.85. The van der Waals surface area contributed by atoms with Crippen molar-refractivity contribution >= 4 is 45.3 Å². The Labute approximate surface area is 117 Å². The molecule has 0 saturated carbocycles. The van der Waals surface area contributed by atoms with Crippen LogP contribution in [0.25, 0.3) is 22.1 Å². The van der Waals surface area contributed by atoms with Crippen LogP contribution in [0, 0.1) is 10.4 Å². The van der Waals surface area contributed by atoms with E-state index >= 15 is 0 Å². The molecular weight excluding hydrogens is 291 g/mol. The maximum Gasteiger partial charge on any atom is 0.294 e. The second-order valence-electron chi connectivity index (χ2n) is 4.02. The molecule has 1 N–H and O–H groups in total. The van der Waals surface area contributed by atoms with Gasteiger partial charge in [0.2, 0.25) is 0 Å². The predicted octanol–water partition coefficient (Wildman–Crippen LogP) is 2.27. The van der Waals surface area contributed by atoms with E-state index in [4.69, 9.17) is 23.2 Å². The summed E-state index contributed by atoms with van der Waals surface area (Å²) in [6, 6.07) is 6.59. The highest BCUT2D eigenvalue weighted by Gasteiger charge is 2.23. The van der Waals surface area contributed by atoms with Gasteiger partial charge >= 0.3 is 0 Å². The van der Waals surface area contributed by atoms with Crippen LogP contribution in [0.4, 0.5) is 0 Å². The van der Waals surface area contributed by atoms with Gasteiger partial charge in [-0.05, 0) is 6.07 Å². The summed E-state index contributed by atoms with van der Waals surface area (Å²) in [5.41, 5.74) is 0.393.